The number of halogens is 1. The first kappa shape index (κ1) is 14.7. The van der Waals surface area contributed by atoms with Crippen molar-refractivity contribution < 1.29 is 9.13 Å². The number of hydrogen-bond donors (Lipinski definition) is 2. The summed E-state index contributed by atoms with van der Waals surface area (Å²) in [5.74, 6) is 1.15. The van der Waals surface area contributed by atoms with Crippen molar-refractivity contribution in [2.24, 2.45) is 5.92 Å². The first-order valence-corrected chi connectivity index (χ1v) is 7.42. The number of benzene rings is 1. The summed E-state index contributed by atoms with van der Waals surface area (Å²) in [5.41, 5.74) is 7.16. The van der Waals surface area contributed by atoms with Crippen molar-refractivity contribution >= 4 is 11.6 Å². The molecule has 0 radical (unpaired) electrons. The summed E-state index contributed by atoms with van der Waals surface area (Å²) in [6, 6.07) is 6.28. The van der Waals surface area contributed by atoms with Crippen LogP contribution in [0.5, 0.6) is 0 Å². The van der Waals surface area contributed by atoms with Gasteiger partial charge in [0.15, 0.2) is 11.6 Å². The molecule has 0 aliphatic carbocycles. The minimum Gasteiger partial charge on any atom is -0.381 e. The number of ether oxygens (including phenoxy) is 1. The van der Waals surface area contributed by atoms with Crippen molar-refractivity contribution in [2.75, 3.05) is 30.8 Å². The molecule has 0 amide bonds. The topological polar surface area (TPSA) is 73.1 Å². The summed E-state index contributed by atoms with van der Waals surface area (Å²) in [6.45, 7) is 2.39. The summed E-state index contributed by atoms with van der Waals surface area (Å²) >= 11 is 0. The molecule has 3 N–H and O–H groups in total. The standard InChI is InChI=1S/C16H19FN4O/c17-13-3-1-2-12(8-13)14-10-19-15(18)16(21-14)20-9-11-4-6-22-7-5-11/h1-3,8,10-11H,4-7,9H2,(H2,18,19)(H,20,21). The van der Waals surface area contributed by atoms with Crippen LogP contribution in [0.1, 0.15) is 12.8 Å². The molecule has 3 rings (SSSR count). The van der Waals surface area contributed by atoms with Crippen LogP contribution in [-0.2, 0) is 4.74 Å². The Morgan fingerprint density at radius 1 is 1.32 bits per heavy atom. The Balaban J connectivity index is 1.74. The fourth-order valence-corrected chi connectivity index (χ4v) is 2.51. The zero-order valence-corrected chi connectivity index (χ0v) is 12.3. The smallest absolute Gasteiger partial charge is 0.169 e. The van der Waals surface area contributed by atoms with Crippen molar-refractivity contribution in [3.05, 3.63) is 36.3 Å². The van der Waals surface area contributed by atoms with E-state index in [1.54, 1.807) is 18.3 Å². The van der Waals surface area contributed by atoms with Gasteiger partial charge in [0.05, 0.1) is 11.9 Å². The van der Waals surface area contributed by atoms with E-state index in [4.69, 9.17) is 10.5 Å². The molecular weight excluding hydrogens is 283 g/mol. The lowest BCUT2D eigenvalue weighted by Crippen LogP contribution is -2.23. The van der Waals surface area contributed by atoms with Crippen LogP contribution in [0.4, 0.5) is 16.0 Å². The van der Waals surface area contributed by atoms with E-state index >= 15 is 0 Å². The van der Waals surface area contributed by atoms with Crippen LogP contribution in [0.25, 0.3) is 11.3 Å². The van der Waals surface area contributed by atoms with Crippen LogP contribution >= 0.6 is 0 Å². The van der Waals surface area contributed by atoms with Crippen LogP contribution in [0, 0.1) is 11.7 Å². The second kappa shape index (κ2) is 6.70. The second-order valence-electron chi connectivity index (χ2n) is 5.44. The van der Waals surface area contributed by atoms with Crippen molar-refractivity contribution in [1.82, 2.24) is 9.97 Å². The van der Waals surface area contributed by atoms with Gasteiger partial charge in [0.25, 0.3) is 0 Å². The Hall–Kier alpha value is -2.21. The second-order valence-corrected chi connectivity index (χ2v) is 5.44. The predicted molar refractivity (Wildman–Crippen MR) is 83.9 cm³/mol. The Morgan fingerprint density at radius 2 is 2.14 bits per heavy atom. The van der Waals surface area contributed by atoms with Crippen LogP contribution in [0.2, 0.25) is 0 Å². The van der Waals surface area contributed by atoms with E-state index in [-0.39, 0.29) is 5.82 Å². The molecule has 1 aliphatic rings. The number of hydrogen-bond acceptors (Lipinski definition) is 5. The first-order valence-electron chi connectivity index (χ1n) is 7.42. The molecule has 2 aromatic rings. The van der Waals surface area contributed by atoms with Crippen molar-refractivity contribution in [2.45, 2.75) is 12.8 Å². The third kappa shape index (κ3) is 3.51. The van der Waals surface area contributed by atoms with Gasteiger partial charge < -0.3 is 15.8 Å². The number of nitrogens with one attached hydrogen (secondary N) is 1. The summed E-state index contributed by atoms with van der Waals surface area (Å²) < 4.78 is 18.7. The maximum atomic E-state index is 13.3. The van der Waals surface area contributed by atoms with Gasteiger partial charge in [-0.15, -0.1) is 0 Å². The summed E-state index contributed by atoms with van der Waals surface area (Å²) in [7, 11) is 0. The SMILES string of the molecule is Nc1ncc(-c2cccc(F)c2)nc1NCC1CCOCC1. The van der Waals surface area contributed by atoms with E-state index in [0.717, 1.165) is 32.6 Å². The van der Waals surface area contributed by atoms with Crippen LogP contribution in [0.15, 0.2) is 30.5 Å². The van der Waals surface area contributed by atoms with Gasteiger partial charge in [-0.1, -0.05) is 12.1 Å². The van der Waals surface area contributed by atoms with Gasteiger partial charge in [-0.2, -0.15) is 0 Å². The number of aromatic nitrogens is 2. The Labute approximate surface area is 128 Å². The Morgan fingerprint density at radius 3 is 2.91 bits per heavy atom. The predicted octanol–water partition coefficient (Wildman–Crippen LogP) is 2.70. The number of nitrogens with two attached hydrogens (primary N) is 1. The molecule has 0 spiro atoms. The number of nitrogen functional groups attached to an aromatic ring is 1. The first-order chi connectivity index (χ1) is 10.7. The lowest BCUT2D eigenvalue weighted by molar-refractivity contribution is 0.0699. The quantitative estimate of drug-likeness (QED) is 0.908. The molecular formula is C16H19FN4O. The lowest BCUT2D eigenvalue weighted by atomic mass is 10.0. The highest BCUT2D eigenvalue weighted by Crippen LogP contribution is 2.23. The molecule has 116 valence electrons. The van der Waals surface area contributed by atoms with Crippen LogP contribution in [0.3, 0.4) is 0 Å². The van der Waals surface area contributed by atoms with Gasteiger partial charge in [-0.05, 0) is 30.9 Å². The minimum absolute atomic E-state index is 0.298. The van der Waals surface area contributed by atoms with E-state index < -0.39 is 0 Å². The molecule has 1 saturated heterocycles. The molecule has 2 heterocycles. The normalized spacial score (nSPS) is 15.7. The van der Waals surface area contributed by atoms with Crippen LogP contribution < -0.4 is 11.1 Å². The van der Waals surface area contributed by atoms with Gasteiger partial charge in [0.1, 0.15) is 5.82 Å². The van der Waals surface area contributed by atoms with Gasteiger partial charge in [0.2, 0.25) is 0 Å². The Bertz CT molecular complexity index is 644. The highest BCUT2D eigenvalue weighted by molar-refractivity contribution is 5.65. The van der Waals surface area contributed by atoms with Crippen LogP contribution in [-0.4, -0.2) is 29.7 Å². The zero-order valence-electron chi connectivity index (χ0n) is 12.3. The average Bonchev–Trinajstić information content (AvgIpc) is 2.55. The van der Waals surface area contributed by atoms with Gasteiger partial charge in [-0.25, -0.2) is 14.4 Å². The summed E-state index contributed by atoms with van der Waals surface area (Å²) in [5, 5.41) is 3.26. The Kier molecular flexibility index (Phi) is 4.48. The molecule has 0 unspecified atom stereocenters. The zero-order chi connectivity index (χ0) is 15.4. The fourth-order valence-electron chi connectivity index (χ4n) is 2.51. The molecule has 0 atom stereocenters. The molecule has 22 heavy (non-hydrogen) atoms. The highest BCUT2D eigenvalue weighted by Gasteiger charge is 2.15. The minimum atomic E-state index is -0.298. The molecule has 0 bridgehead atoms. The lowest BCUT2D eigenvalue weighted by Gasteiger charge is -2.22. The largest absolute Gasteiger partial charge is 0.381 e. The van der Waals surface area contributed by atoms with E-state index in [0.29, 0.717) is 28.8 Å². The molecule has 6 heteroatoms. The van der Waals surface area contributed by atoms with Crippen molar-refractivity contribution in [1.29, 1.82) is 0 Å². The molecule has 5 nitrogen and oxygen atoms in total. The highest BCUT2D eigenvalue weighted by atomic mass is 19.1. The molecule has 1 aromatic heterocycles. The number of rotatable bonds is 4. The average molecular weight is 302 g/mol. The van der Waals surface area contributed by atoms with E-state index in [9.17, 15) is 4.39 Å². The monoisotopic (exact) mass is 302 g/mol. The van der Waals surface area contributed by atoms with E-state index in [1.807, 2.05) is 0 Å². The summed E-state index contributed by atoms with van der Waals surface area (Å²) in [4.78, 5) is 8.63. The molecule has 1 aliphatic heterocycles. The molecule has 1 aromatic carbocycles. The maximum Gasteiger partial charge on any atom is 0.169 e. The summed E-state index contributed by atoms with van der Waals surface area (Å²) in [6.07, 6.45) is 3.62. The maximum absolute atomic E-state index is 13.3. The van der Waals surface area contributed by atoms with E-state index in [1.165, 1.54) is 12.1 Å². The van der Waals surface area contributed by atoms with Crippen molar-refractivity contribution in [3.8, 4) is 11.3 Å². The van der Waals surface area contributed by atoms with Gasteiger partial charge >= 0.3 is 0 Å². The van der Waals surface area contributed by atoms with Crippen molar-refractivity contribution in [3.63, 3.8) is 0 Å². The van der Waals surface area contributed by atoms with Gasteiger partial charge in [0, 0.05) is 25.3 Å². The molecule has 1 fully saturated rings. The van der Waals surface area contributed by atoms with Gasteiger partial charge in [-0.3, -0.25) is 0 Å². The van der Waals surface area contributed by atoms with E-state index in [2.05, 4.69) is 15.3 Å². The molecule has 0 saturated carbocycles. The third-order valence-electron chi connectivity index (χ3n) is 3.82. The number of anilines is 2. The third-order valence-corrected chi connectivity index (χ3v) is 3.82. The number of nitrogens with zero attached hydrogens (tertiary/aromatic N) is 2. The fraction of sp³-hybridized carbons (Fsp3) is 0.375.